The lowest BCUT2D eigenvalue weighted by atomic mass is 10.1. The van der Waals surface area contributed by atoms with E-state index in [-0.39, 0.29) is 0 Å². The maximum Gasteiger partial charge on any atom is 0.328 e. The fourth-order valence-corrected chi connectivity index (χ4v) is 3.03. The van der Waals surface area contributed by atoms with E-state index in [2.05, 4.69) is 18.7 Å². The summed E-state index contributed by atoms with van der Waals surface area (Å²) >= 11 is 1.99. The highest BCUT2D eigenvalue weighted by Crippen LogP contribution is 2.29. The molecule has 1 saturated heterocycles. The predicted molar refractivity (Wildman–Crippen MR) is 64.4 cm³/mol. The number of thioether (sulfide) groups is 1. The van der Waals surface area contributed by atoms with Gasteiger partial charge in [0.15, 0.2) is 0 Å². The fourth-order valence-electron chi connectivity index (χ4n) is 1.86. The zero-order chi connectivity index (χ0) is 11.5. The Hall–Kier alpha value is -0.480. The van der Waals surface area contributed by atoms with Crippen molar-refractivity contribution < 1.29 is 9.90 Å². The van der Waals surface area contributed by atoms with Crippen molar-refractivity contribution in [3.63, 3.8) is 0 Å². The van der Waals surface area contributed by atoms with Crippen molar-refractivity contribution in [3.05, 3.63) is 11.6 Å². The molecule has 0 unspecified atom stereocenters. The number of aliphatic carboxylic acids is 1. The summed E-state index contributed by atoms with van der Waals surface area (Å²) in [6, 6.07) is 0. The van der Waals surface area contributed by atoms with Crippen LogP contribution in [0.15, 0.2) is 11.6 Å². The first-order valence-corrected chi connectivity index (χ1v) is 6.14. The van der Waals surface area contributed by atoms with E-state index in [0.717, 1.165) is 31.0 Å². The molecule has 15 heavy (non-hydrogen) atoms. The second kappa shape index (κ2) is 5.03. The van der Waals surface area contributed by atoms with Crippen molar-refractivity contribution in [2.45, 2.75) is 25.5 Å². The van der Waals surface area contributed by atoms with Crippen molar-refractivity contribution >= 4 is 17.7 Å². The SMILES string of the molecule is CC(=CC(=O)O)CN1CCSC(C)(C)C1. The lowest BCUT2D eigenvalue weighted by molar-refractivity contribution is -0.131. The van der Waals surface area contributed by atoms with Gasteiger partial charge in [0.2, 0.25) is 0 Å². The Balaban J connectivity index is 2.48. The molecule has 3 nitrogen and oxygen atoms in total. The number of carbonyl (C=O) groups is 1. The van der Waals surface area contributed by atoms with Gasteiger partial charge in [-0.15, -0.1) is 0 Å². The van der Waals surface area contributed by atoms with E-state index < -0.39 is 5.97 Å². The van der Waals surface area contributed by atoms with E-state index in [9.17, 15) is 4.79 Å². The number of carboxylic acids is 1. The molecule has 0 aliphatic carbocycles. The maximum absolute atomic E-state index is 10.5. The molecule has 0 aromatic heterocycles. The van der Waals surface area contributed by atoms with Gasteiger partial charge in [0.05, 0.1) is 0 Å². The van der Waals surface area contributed by atoms with Gasteiger partial charge in [0.25, 0.3) is 0 Å². The predicted octanol–water partition coefficient (Wildman–Crippen LogP) is 1.84. The molecule has 0 saturated carbocycles. The molecule has 1 fully saturated rings. The van der Waals surface area contributed by atoms with Gasteiger partial charge in [0.1, 0.15) is 0 Å². The molecular weight excluding hydrogens is 210 g/mol. The van der Waals surface area contributed by atoms with E-state index in [0.29, 0.717) is 4.75 Å². The summed E-state index contributed by atoms with van der Waals surface area (Å²) in [6.07, 6.45) is 1.30. The average Bonchev–Trinajstić information content (AvgIpc) is 1.99. The summed E-state index contributed by atoms with van der Waals surface area (Å²) in [4.78, 5) is 12.8. The van der Waals surface area contributed by atoms with Gasteiger partial charge in [-0.1, -0.05) is 5.57 Å². The smallest absolute Gasteiger partial charge is 0.328 e. The first-order valence-electron chi connectivity index (χ1n) is 5.15. The summed E-state index contributed by atoms with van der Waals surface area (Å²) in [5.74, 6) is 0.283. The van der Waals surface area contributed by atoms with Crippen LogP contribution >= 0.6 is 11.8 Å². The Kier molecular flexibility index (Phi) is 4.22. The van der Waals surface area contributed by atoms with Crippen molar-refractivity contribution in [1.29, 1.82) is 0 Å². The van der Waals surface area contributed by atoms with Gasteiger partial charge in [-0.25, -0.2) is 4.79 Å². The van der Waals surface area contributed by atoms with Crippen LogP contribution < -0.4 is 0 Å². The van der Waals surface area contributed by atoms with E-state index in [1.165, 1.54) is 6.08 Å². The topological polar surface area (TPSA) is 40.5 Å². The highest BCUT2D eigenvalue weighted by atomic mass is 32.2. The normalized spacial score (nSPS) is 22.7. The van der Waals surface area contributed by atoms with E-state index >= 15 is 0 Å². The lowest BCUT2D eigenvalue weighted by Crippen LogP contribution is -2.43. The lowest BCUT2D eigenvalue weighted by Gasteiger charge is -2.37. The molecule has 0 aromatic rings. The van der Waals surface area contributed by atoms with Gasteiger partial charge >= 0.3 is 5.97 Å². The highest BCUT2D eigenvalue weighted by Gasteiger charge is 2.26. The number of carboxylic acid groups (broad SMARTS) is 1. The number of hydrogen-bond donors (Lipinski definition) is 1. The summed E-state index contributed by atoms with van der Waals surface area (Å²) in [5, 5.41) is 8.62. The molecule has 1 rings (SSSR count). The zero-order valence-corrected chi connectivity index (χ0v) is 10.4. The van der Waals surface area contributed by atoms with Crippen molar-refractivity contribution in [2.24, 2.45) is 0 Å². The van der Waals surface area contributed by atoms with Crippen LogP contribution in [0.4, 0.5) is 0 Å². The largest absolute Gasteiger partial charge is 0.478 e. The third-order valence-electron chi connectivity index (χ3n) is 2.35. The third-order valence-corrected chi connectivity index (χ3v) is 3.64. The monoisotopic (exact) mass is 229 g/mol. The van der Waals surface area contributed by atoms with Gasteiger partial charge < -0.3 is 5.11 Å². The summed E-state index contributed by atoms with van der Waals surface area (Å²) in [5.41, 5.74) is 0.921. The van der Waals surface area contributed by atoms with Crippen molar-refractivity contribution in [1.82, 2.24) is 4.90 Å². The Morgan fingerprint density at radius 3 is 2.80 bits per heavy atom. The van der Waals surface area contributed by atoms with Crippen LogP contribution in [0.25, 0.3) is 0 Å². The number of nitrogens with zero attached hydrogens (tertiary/aromatic N) is 1. The minimum absolute atomic E-state index is 0.293. The first-order chi connectivity index (χ1) is 6.89. The van der Waals surface area contributed by atoms with Crippen LogP contribution in [0, 0.1) is 0 Å². The second-order valence-corrected chi connectivity index (χ2v) is 6.45. The van der Waals surface area contributed by atoms with E-state index in [1.54, 1.807) is 0 Å². The second-order valence-electron chi connectivity index (χ2n) is 4.65. The molecule has 0 bridgehead atoms. The Labute approximate surface area is 95.5 Å². The average molecular weight is 229 g/mol. The van der Waals surface area contributed by atoms with Gasteiger partial charge in [-0.2, -0.15) is 11.8 Å². The molecule has 1 heterocycles. The summed E-state index contributed by atoms with van der Waals surface area (Å²) in [6.45, 7) is 9.21. The van der Waals surface area contributed by atoms with Crippen molar-refractivity contribution in [2.75, 3.05) is 25.4 Å². The van der Waals surface area contributed by atoms with Crippen LogP contribution in [0.2, 0.25) is 0 Å². The molecule has 0 aromatic carbocycles. The van der Waals surface area contributed by atoms with Crippen LogP contribution in [0.3, 0.4) is 0 Å². The molecule has 0 atom stereocenters. The molecule has 1 N–H and O–H groups in total. The Bertz CT molecular complexity index is 274. The molecule has 0 spiro atoms. The number of rotatable bonds is 3. The Morgan fingerprint density at radius 1 is 1.60 bits per heavy atom. The van der Waals surface area contributed by atoms with E-state index in [4.69, 9.17) is 5.11 Å². The highest BCUT2D eigenvalue weighted by molar-refractivity contribution is 8.00. The van der Waals surface area contributed by atoms with Crippen LogP contribution in [-0.4, -0.2) is 46.1 Å². The maximum atomic E-state index is 10.5. The van der Waals surface area contributed by atoms with Gasteiger partial charge in [-0.05, 0) is 20.8 Å². The summed E-state index contributed by atoms with van der Waals surface area (Å²) < 4.78 is 0.293. The molecular formula is C11H19NO2S. The molecule has 86 valence electrons. The molecule has 1 aliphatic heterocycles. The standard InChI is InChI=1S/C11H19NO2S/c1-9(6-10(13)14)7-12-4-5-15-11(2,3)8-12/h6H,4-5,7-8H2,1-3H3,(H,13,14). The quantitative estimate of drug-likeness (QED) is 0.750. The molecule has 4 heteroatoms. The molecule has 1 aliphatic rings. The molecule has 0 radical (unpaired) electrons. The summed E-state index contributed by atoms with van der Waals surface area (Å²) in [7, 11) is 0. The van der Waals surface area contributed by atoms with E-state index in [1.807, 2.05) is 18.7 Å². The van der Waals surface area contributed by atoms with Crippen LogP contribution in [0.5, 0.6) is 0 Å². The van der Waals surface area contributed by atoms with Gasteiger partial charge in [0, 0.05) is 36.2 Å². The Morgan fingerprint density at radius 2 is 2.27 bits per heavy atom. The minimum Gasteiger partial charge on any atom is -0.478 e. The fraction of sp³-hybridized carbons (Fsp3) is 0.727. The minimum atomic E-state index is -0.849. The third kappa shape index (κ3) is 4.71. The van der Waals surface area contributed by atoms with Crippen LogP contribution in [0.1, 0.15) is 20.8 Å². The number of hydrogen-bond acceptors (Lipinski definition) is 3. The first kappa shape index (κ1) is 12.6. The molecule has 0 amide bonds. The van der Waals surface area contributed by atoms with Crippen molar-refractivity contribution in [3.8, 4) is 0 Å². The van der Waals surface area contributed by atoms with Gasteiger partial charge in [-0.3, -0.25) is 4.90 Å². The zero-order valence-electron chi connectivity index (χ0n) is 9.62. The van der Waals surface area contributed by atoms with Crippen LogP contribution in [-0.2, 0) is 4.79 Å².